The molecule has 0 unspecified atom stereocenters. The van der Waals surface area contributed by atoms with E-state index in [1.807, 2.05) is 30.2 Å². The number of nitrogens with zero attached hydrogens (tertiary/aromatic N) is 5. The maximum Gasteiger partial charge on any atom is 0.228 e. The summed E-state index contributed by atoms with van der Waals surface area (Å²) in [7, 11) is 0. The van der Waals surface area contributed by atoms with Gasteiger partial charge in [-0.2, -0.15) is 0 Å². The predicted octanol–water partition coefficient (Wildman–Crippen LogP) is 2.93. The summed E-state index contributed by atoms with van der Waals surface area (Å²) in [4.78, 5) is 22.0. The molecule has 0 N–H and O–H groups in total. The van der Waals surface area contributed by atoms with Crippen molar-refractivity contribution in [3.05, 3.63) is 41.2 Å². The van der Waals surface area contributed by atoms with E-state index in [2.05, 4.69) is 32.2 Å². The van der Waals surface area contributed by atoms with Crippen LogP contribution < -0.4 is 0 Å². The van der Waals surface area contributed by atoms with Gasteiger partial charge in [-0.1, -0.05) is 23.5 Å². The molecule has 0 aliphatic carbocycles. The summed E-state index contributed by atoms with van der Waals surface area (Å²) in [5, 5.41) is 12.4. The van der Waals surface area contributed by atoms with Gasteiger partial charge in [0.05, 0.1) is 25.3 Å². The monoisotopic (exact) mass is 437 g/mol. The summed E-state index contributed by atoms with van der Waals surface area (Å²) in [6.07, 6.45) is 4.29. The molecule has 7 nitrogen and oxygen atoms in total. The van der Waals surface area contributed by atoms with Crippen LogP contribution in [0.5, 0.6) is 0 Å². The lowest BCUT2D eigenvalue weighted by Crippen LogP contribution is -2.50. The van der Waals surface area contributed by atoms with Gasteiger partial charge in [0, 0.05) is 49.4 Å². The van der Waals surface area contributed by atoms with Crippen molar-refractivity contribution in [3.8, 4) is 10.6 Å². The number of morpholine rings is 1. The van der Waals surface area contributed by atoms with Gasteiger partial charge in [0.25, 0.3) is 0 Å². The van der Waals surface area contributed by atoms with Crippen LogP contribution in [0.25, 0.3) is 21.3 Å². The zero-order valence-corrected chi connectivity index (χ0v) is 18.6. The number of carbonyl (C=O) groups is 1. The smallest absolute Gasteiger partial charge is 0.228 e. The van der Waals surface area contributed by atoms with E-state index in [0.29, 0.717) is 12.5 Å². The summed E-state index contributed by atoms with van der Waals surface area (Å²) in [5.74, 6) is 0.170. The number of benzene rings is 1. The number of likely N-dealkylation sites (tertiary alicyclic amines) is 1. The number of carbonyl (C=O) groups excluding carboxylic acids is 1. The maximum absolute atomic E-state index is 12.9. The number of amides is 1. The molecule has 5 rings (SSSR count). The highest BCUT2D eigenvalue weighted by Crippen LogP contribution is 2.27. The third-order valence-corrected chi connectivity index (χ3v) is 7.15. The Bertz CT molecular complexity index is 1070. The minimum atomic E-state index is 0.170. The van der Waals surface area contributed by atoms with Crippen molar-refractivity contribution in [1.29, 1.82) is 0 Å². The Kier molecular flexibility index (Phi) is 5.93. The molecule has 2 aliphatic heterocycles. The molecule has 162 valence electrons. The van der Waals surface area contributed by atoms with Crippen LogP contribution in [0.1, 0.15) is 23.5 Å². The molecule has 1 amide bonds. The Balaban J connectivity index is 1.24. The zero-order valence-electron chi connectivity index (χ0n) is 17.8. The largest absolute Gasteiger partial charge is 0.379 e. The summed E-state index contributed by atoms with van der Waals surface area (Å²) in [6.45, 7) is 7.29. The van der Waals surface area contributed by atoms with Crippen LogP contribution in [-0.2, 0) is 16.0 Å². The summed E-state index contributed by atoms with van der Waals surface area (Å²) >= 11 is 1.58. The second-order valence-corrected chi connectivity index (χ2v) is 9.48. The minimum absolute atomic E-state index is 0.170. The molecule has 0 atom stereocenters. The van der Waals surface area contributed by atoms with Gasteiger partial charge in [0.2, 0.25) is 5.91 Å². The lowest BCUT2D eigenvalue weighted by Gasteiger charge is -2.40. The van der Waals surface area contributed by atoms with Crippen LogP contribution in [0, 0.1) is 6.92 Å². The van der Waals surface area contributed by atoms with E-state index in [4.69, 9.17) is 4.74 Å². The van der Waals surface area contributed by atoms with Gasteiger partial charge in [-0.05, 0) is 37.3 Å². The Morgan fingerprint density at radius 2 is 1.90 bits per heavy atom. The van der Waals surface area contributed by atoms with Crippen LogP contribution in [0.2, 0.25) is 0 Å². The Labute approximate surface area is 186 Å². The molecule has 0 bridgehead atoms. The van der Waals surface area contributed by atoms with Crippen molar-refractivity contribution >= 4 is 28.0 Å². The van der Waals surface area contributed by atoms with E-state index in [1.165, 1.54) is 0 Å². The van der Waals surface area contributed by atoms with Crippen molar-refractivity contribution in [2.75, 3.05) is 39.4 Å². The highest BCUT2D eigenvalue weighted by Gasteiger charge is 2.27. The first-order valence-corrected chi connectivity index (χ1v) is 11.8. The fourth-order valence-corrected chi connectivity index (χ4v) is 5.21. The first-order valence-electron chi connectivity index (χ1n) is 10.9. The Morgan fingerprint density at radius 3 is 2.65 bits per heavy atom. The van der Waals surface area contributed by atoms with Gasteiger partial charge >= 0.3 is 0 Å². The lowest BCUT2D eigenvalue weighted by atomic mass is 10.0. The molecular formula is C23H27N5O2S. The zero-order chi connectivity index (χ0) is 21.2. The second kappa shape index (κ2) is 8.98. The fourth-order valence-electron chi connectivity index (χ4n) is 4.52. The third kappa shape index (κ3) is 4.61. The number of fused-ring (bicyclic) bond motifs is 1. The van der Waals surface area contributed by atoms with Crippen molar-refractivity contribution in [3.63, 3.8) is 0 Å². The normalized spacial score (nSPS) is 18.5. The van der Waals surface area contributed by atoms with Gasteiger partial charge in [-0.3, -0.25) is 14.7 Å². The number of ether oxygens (including phenoxy) is 1. The van der Waals surface area contributed by atoms with E-state index in [-0.39, 0.29) is 5.91 Å². The number of pyridine rings is 1. The van der Waals surface area contributed by atoms with Gasteiger partial charge in [-0.25, -0.2) is 0 Å². The summed E-state index contributed by atoms with van der Waals surface area (Å²) in [5.41, 5.74) is 1.87. The highest BCUT2D eigenvalue weighted by molar-refractivity contribution is 7.14. The first kappa shape index (κ1) is 20.5. The molecule has 0 saturated carbocycles. The second-order valence-electron chi connectivity index (χ2n) is 8.30. The molecule has 0 radical (unpaired) electrons. The van der Waals surface area contributed by atoms with Gasteiger partial charge in [0.1, 0.15) is 10.0 Å². The molecule has 8 heteroatoms. The summed E-state index contributed by atoms with van der Waals surface area (Å²) < 4.78 is 5.46. The molecule has 2 saturated heterocycles. The van der Waals surface area contributed by atoms with Crippen LogP contribution in [-0.4, -0.2) is 76.3 Å². The number of hydrogen-bond acceptors (Lipinski definition) is 7. The average Bonchev–Trinajstić information content (AvgIpc) is 3.25. The molecular weight excluding hydrogens is 410 g/mol. The number of aryl methyl sites for hydroxylation is 1. The first-order chi connectivity index (χ1) is 15.2. The van der Waals surface area contributed by atoms with Crippen molar-refractivity contribution in [1.82, 2.24) is 25.0 Å². The molecule has 2 aliphatic rings. The quantitative estimate of drug-likeness (QED) is 0.625. The minimum Gasteiger partial charge on any atom is -0.379 e. The molecule has 1 aromatic carbocycles. The van der Waals surface area contributed by atoms with E-state index >= 15 is 0 Å². The van der Waals surface area contributed by atoms with Crippen LogP contribution in [0.3, 0.4) is 0 Å². The SMILES string of the molecule is Cc1nnc(-c2ccc3cnc(CC(=O)N4CCC(N5CCOCC5)CC4)cc3c2)s1. The van der Waals surface area contributed by atoms with E-state index in [0.717, 1.165) is 84.3 Å². The number of aromatic nitrogens is 3. The number of rotatable bonds is 4. The topological polar surface area (TPSA) is 71.5 Å². The highest BCUT2D eigenvalue weighted by atomic mass is 32.1. The molecule has 2 aromatic heterocycles. The Morgan fingerprint density at radius 1 is 1.10 bits per heavy atom. The van der Waals surface area contributed by atoms with Gasteiger partial charge < -0.3 is 9.64 Å². The molecule has 0 spiro atoms. The molecule has 31 heavy (non-hydrogen) atoms. The van der Waals surface area contributed by atoms with E-state index in [1.54, 1.807) is 11.3 Å². The number of hydrogen-bond donors (Lipinski definition) is 0. The molecule has 3 aromatic rings. The fraction of sp³-hybridized carbons (Fsp3) is 0.478. The van der Waals surface area contributed by atoms with Gasteiger partial charge in [0.15, 0.2) is 0 Å². The maximum atomic E-state index is 12.9. The third-order valence-electron chi connectivity index (χ3n) is 6.26. The van der Waals surface area contributed by atoms with Crippen LogP contribution >= 0.6 is 11.3 Å². The van der Waals surface area contributed by atoms with Crippen LogP contribution in [0.15, 0.2) is 30.5 Å². The van der Waals surface area contributed by atoms with E-state index in [9.17, 15) is 4.79 Å². The Hall–Kier alpha value is -2.42. The number of piperidine rings is 1. The molecule has 4 heterocycles. The lowest BCUT2D eigenvalue weighted by molar-refractivity contribution is -0.132. The standard InChI is InChI=1S/C23H27N5O2S/c1-16-25-26-23(31-16)17-2-3-18-15-24-20(13-19(18)12-17)14-22(29)28-6-4-21(5-7-28)27-8-10-30-11-9-27/h2-3,12-13,15,21H,4-11,14H2,1H3. The average molecular weight is 438 g/mol. The van der Waals surface area contributed by atoms with E-state index < -0.39 is 0 Å². The van der Waals surface area contributed by atoms with Gasteiger partial charge in [-0.15, -0.1) is 10.2 Å². The predicted molar refractivity (Wildman–Crippen MR) is 121 cm³/mol. The van der Waals surface area contributed by atoms with Crippen molar-refractivity contribution in [2.24, 2.45) is 0 Å². The van der Waals surface area contributed by atoms with Crippen LogP contribution in [0.4, 0.5) is 0 Å². The molecule has 2 fully saturated rings. The van der Waals surface area contributed by atoms with Crippen molar-refractivity contribution < 1.29 is 9.53 Å². The van der Waals surface area contributed by atoms with Crippen molar-refractivity contribution in [2.45, 2.75) is 32.2 Å². The summed E-state index contributed by atoms with van der Waals surface area (Å²) in [6, 6.07) is 8.82.